The molecule has 104 valence electrons. The molecule has 1 rings (SSSR count). The summed E-state index contributed by atoms with van der Waals surface area (Å²) in [5.74, 6) is 0.281. The lowest BCUT2D eigenvalue weighted by Crippen LogP contribution is -2.17. The molecule has 1 aromatic rings. The van der Waals surface area contributed by atoms with Crippen molar-refractivity contribution in [3.63, 3.8) is 0 Å². The van der Waals surface area contributed by atoms with Crippen molar-refractivity contribution >= 4 is 0 Å². The van der Waals surface area contributed by atoms with Gasteiger partial charge >= 0.3 is 6.18 Å². The number of unbranched alkanes of at least 4 members (excludes halogenated alkanes) is 3. The van der Waals surface area contributed by atoms with Crippen LogP contribution in [-0.4, -0.2) is 16.0 Å². The summed E-state index contributed by atoms with van der Waals surface area (Å²) in [6, 6.07) is 0. The van der Waals surface area contributed by atoms with E-state index in [1.165, 1.54) is 25.5 Å². The van der Waals surface area contributed by atoms with Crippen LogP contribution >= 0.6 is 0 Å². The van der Waals surface area contributed by atoms with Crippen LogP contribution in [0.5, 0.6) is 0 Å². The molecule has 0 saturated carbocycles. The van der Waals surface area contributed by atoms with Gasteiger partial charge in [0.2, 0.25) is 0 Å². The largest absolute Gasteiger partial charge is 0.408 e. The van der Waals surface area contributed by atoms with Crippen LogP contribution in [0.2, 0.25) is 0 Å². The molecule has 1 heterocycles. The molecule has 1 atom stereocenters. The summed E-state index contributed by atoms with van der Waals surface area (Å²) in [7, 11) is 0. The number of rotatable bonds is 7. The molecule has 0 bridgehead atoms. The predicted molar refractivity (Wildman–Crippen MR) is 65.5 cm³/mol. The zero-order valence-electron chi connectivity index (χ0n) is 11.0. The van der Waals surface area contributed by atoms with E-state index in [1.54, 1.807) is 6.20 Å². The van der Waals surface area contributed by atoms with E-state index in [9.17, 15) is 13.2 Å². The highest BCUT2D eigenvalue weighted by molar-refractivity contribution is 5.09. The van der Waals surface area contributed by atoms with Crippen LogP contribution in [0.15, 0.2) is 12.4 Å². The van der Waals surface area contributed by atoms with Crippen LogP contribution in [0.3, 0.4) is 0 Å². The van der Waals surface area contributed by atoms with Gasteiger partial charge in [-0.25, -0.2) is 0 Å². The number of halogens is 3. The molecular formula is C13H21F3N2. The number of hydrogen-bond donors (Lipinski definition) is 0. The van der Waals surface area contributed by atoms with Crippen molar-refractivity contribution < 1.29 is 13.2 Å². The molecule has 0 amide bonds. The third kappa shape index (κ3) is 5.56. The maximum atomic E-state index is 12.2. The van der Waals surface area contributed by atoms with E-state index in [2.05, 4.69) is 12.0 Å². The Bertz CT molecular complexity index is 344. The third-order valence-electron chi connectivity index (χ3n) is 3.05. The highest BCUT2D eigenvalue weighted by Gasteiger charge is 2.28. The van der Waals surface area contributed by atoms with Gasteiger partial charge in [-0.3, -0.25) is 4.68 Å². The maximum absolute atomic E-state index is 12.2. The van der Waals surface area contributed by atoms with E-state index in [-0.39, 0.29) is 5.92 Å². The summed E-state index contributed by atoms with van der Waals surface area (Å²) in [6.07, 6.45) is 4.61. The second-order valence-corrected chi connectivity index (χ2v) is 4.84. The average molecular weight is 262 g/mol. The molecule has 0 N–H and O–H groups in total. The summed E-state index contributed by atoms with van der Waals surface area (Å²) in [5, 5.41) is 3.76. The van der Waals surface area contributed by atoms with Crippen molar-refractivity contribution in [1.82, 2.24) is 9.78 Å². The van der Waals surface area contributed by atoms with Crippen molar-refractivity contribution in [3.8, 4) is 0 Å². The Kier molecular flexibility index (Phi) is 5.69. The molecule has 0 radical (unpaired) electrons. The first kappa shape index (κ1) is 15.1. The van der Waals surface area contributed by atoms with E-state index < -0.39 is 12.7 Å². The molecule has 1 aromatic heterocycles. The van der Waals surface area contributed by atoms with Crippen molar-refractivity contribution in [2.75, 3.05) is 0 Å². The zero-order chi connectivity index (χ0) is 13.6. The fourth-order valence-corrected chi connectivity index (χ4v) is 1.95. The Morgan fingerprint density at radius 3 is 2.61 bits per heavy atom. The molecule has 0 aliphatic rings. The Labute approximate surface area is 106 Å². The Hall–Kier alpha value is -1.00. The average Bonchev–Trinajstić information content (AvgIpc) is 2.70. The monoisotopic (exact) mass is 262 g/mol. The van der Waals surface area contributed by atoms with Crippen LogP contribution < -0.4 is 0 Å². The van der Waals surface area contributed by atoms with Gasteiger partial charge in [0.25, 0.3) is 0 Å². The van der Waals surface area contributed by atoms with Gasteiger partial charge in [-0.05, 0) is 17.9 Å². The first-order valence-corrected chi connectivity index (χ1v) is 6.51. The SMILES string of the molecule is CCCCCCC(C)c1cnn(CC(F)(F)F)c1. The maximum Gasteiger partial charge on any atom is 0.408 e. The number of nitrogens with zero attached hydrogens (tertiary/aromatic N) is 2. The topological polar surface area (TPSA) is 17.8 Å². The summed E-state index contributed by atoms with van der Waals surface area (Å²) >= 11 is 0. The lowest BCUT2D eigenvalue weighted by Gasteiger charge is -2.09. The van der Waals surface area contributed by atoms with Crippen molar-refractivity contribution in [2.24, 2.45) is 0 Å². The number of alkyl halides is 3. The summed E-state index contributed by atoms with van der Waals surface area (Å²) in [6.45, 7) is 3.20. The minimum atomic E-state index is -4.20. The zero-order valence-corrected chi connectivity index (χ0v) is 11.0. The Morgan fingerprint density at radius 1 is 1.28 bits per heavy atom. The van der Waals surface area contributed by atoms with Crippen LogP contribution in [0.25, 0.3) is 0 Å². The molecule has 18 heavy (non-hydrogen) atoms. The van der Waals surface area contributed by atoms with Gasteiger partial charge in [0.05, 0.1) is 6.20 Å². The van der Waals surface area contributed by atoms with E-state index in [0.717, 1.165) is 23.1 Å². The van der Waals surface area contributed by atoms with Gasteiger partial charge in [0, 0.05) is 6.20 Å². The molecule has 0 aliphatic carbocycles. The molecular weight excluding hydrogens is 241 g/mol. The molecule has 0 spiro atoms. The molecule has 0 fully saturated rings. The Balaban J connectivity index is 2.42. The summed E-state index contributed by atoms with van der Waals surface area (Å²) < 4.78 is 37.5. The molecule has 0 saturated heterocycles. The second kappa shape index (κ2) is 6.81. The predicted octanol–water partition coefficient (Wildman–Crippen LogP) is 4.52. The third-order valence-corrected chi connectivity index (χ3v) is 3.05. The fraction of sp³-hybridized carbons (Fsp3) is 0.769. The van der Waals surface area contributed by atoms with Crippen molar-refractivity contribution in [2.45, 2.75) is 64.6 Å². The van der Waals surface area contributed by atoms with Crippen LogP contribution in [0, 0.1) is 0 Å². The molecule has 2 nitrogen and oxygen atoms in total. The van der Waals surface area contributed by atoms with Crippen molar-refractivity contribution in [3.05, 3.63) is 18.0 Å². The first-order chi connectivity index (χ1) is 8.42. The lowest BCUT2D eigenvalue weighted by molar-refractivity contribution is -0.142. The minimum Gasteiger partial charge on any atom is -0.263 e. The van der Waals surface area contributed by atoms with Gasteiger partial charge in [-0.2, -0.15) is 18.3 Å². The summed E-state index contributed by atoms with van der Waals surface area (Å²) in [5.41, 5.74) is 0.899. The van der Waals surface area contributed by atoms with Crippen LogP contribution in [0.1, 0.15) is 57.4 Å². The number of hydrogen-bond acceptors (Lipinski definition) is 1. The van der Waals surface area contributed by atoms with Gasteiger partial charge < -0.3 is 0 Å². The molecule has 5 heteroatoms. The van der Waals surface area contributed by atoms with Crippen LogP contribution in [0.4, 0.5) is 13.2 Å². The van der Waals surface area contributed by atoms with E-state index in [1.807, 2.05) is 6.92 Å². The molecule has 0 aromatic carbocycles. The smallest absolute Gasteiger partial charge is 0.263 e. The molecule has 1 unspecified atom stereocenters. The van der Waals surface area contributed by atoms with Gasteiger partial charge in [0.1, 0.15) is 6.54 Å². The van der Waals surface area contributed by atoms with Gasteiger partial charge in [0.15, 0.2) is 0 Å². The summed E-state index contributed by atoms with van der Waals surface area (Å²) in [4.78, 5) is 0. The quantitative estimate of drug-likeness (QED) is 0.661. The highest BCUT2D eigenvalue weighted by atomic mass is 19.4. The second-order valence-electron chi connectivity index (χ2n) is 4.84. The number of aromatic nitrogens is 2. The van der Waals surface area contributed by atoms with E-state index >= 15 is 0 Å². The lowest BCUT2D eigenvalue weighted by atomic mass is 9.97. The van der Waals surface area contributed by atoms with Crippen LogP contribution in [-0.2, 0) is 6.54 Å². The fourth-order valence-electron chi connectivity index (χ4n) is 1.95. The van der Waals surface area contributed by atoms with Crippen molar-refractivity contribution in [1.29, 1.82) is 0 Å². The van der Waals surface area contributed by atoms with Gasteiger partial charge in [-0.1, -0.05) is 39.5 Å². The first-order valence-electron chi connectivity index (χ1n) is 6.51. The minimum absolute atomic E-state index is 0.281. The van der Waals surface area contributed by atoms with E-state index in [0.29, 0.717) is 0 Å². The normalized spacial score (nSPS) is 13.8. The molecule has 0 aliphatic heterocycles. The van der Waals surface area contributed by atoms with E-state index in [4.69, 9.17) is 0 Å². The Morgan fingerprint density at radius 2 is 2.00 bits per heavy atom. The van der Waals surface area contributed by atoms with Gasteiger partial charge in [-0.15, -0.1) is 0 Å². The highest BCUT2D eigenvalue weighted by Crippen LogP contribution is 2.23. The standard InChI is InChI=1S/C13H21F3N2/c1-3-4-5-6-7-11(2)12-8-17-18(9-12)10-13(14,15)16/h8-9,11H,3-7,10H2,1-2H3.